The summed E-state index contributed by atoms with van der Waals surface area (Å²) in [6, 6.07) is 0.333. The Morgan fingerprint density at radius 2 is 2.38 bits per heavy atom. The zero-order valence-electron chi connectivity index (χ0n) is 8.04. The number of amides is 1. The van der Waals surface area contributed by atoms with Gasteiger partial charge in [0.2, 0.25) is 6.41 Å². The summed E-state index contributed by atoms with van der Waals surface area (Å²) in [6.45, 7) is 6.74. The molecular formula is C10H18N2O. The minimum atomic E-state index is 0.333. The van der Waals surface area contributed by atoms with Gasteiger partial charge in [0, 0.05) is 19.1 Å². The van der Waals surface area contributed by atoms with E-state index in [9.17, 15) is 4.79 Å². The predicted octanol–water partition coefficient (Wildman–Crippen LogP) is 0.773. The van der Waals surface area contributed by atoms with E-state index in [1.807, 2.05) is 6.08 Å². The second-order valence-corrected chi connectivity index (χ2v) is 3.53. The standard InChI is InChI=1S/C10H18N2O/c1-2-6-12-7-4-3-5-10(8-12)11-9-13/h2,9-10H,1,3-8H2,(H,11,13). The summed E-state index contributed by atoms with van der Waals surface area (Å²) in [5.74, 6) is 0. The molecule has 13 heavy (non-hydrogen) atoms. The molecule has 74 valence electrons. The van der Waals surface area contributed by atoms with E-state index in [0.717, 1.165) is 32.5 Å². The Bertz CT molecular complexity index is 152. The topological polar surface area (TPSA) is 32.3 Å². The molecule has 1 atom stereocenters. The number of nitrogens with zero attached hydrogens (tertiary/aromatic N) is 1. The minimum absolute atomic E-state index is 0.333. The van der Waals surface area contributed by atoms with Crippen molar-refractivity contribution in [1.82, 2.24) is 10.2 Å². The molecular weight excluding hydrogens is 164 g/mol. The third-order valence-electron chi connectivity index (χ3n) is 2.45. The number of hydrogen-bond acceptors (Lipinski definition) is 2. The molecule has 1 unspecified atom stereocenters. The lowest BCUT2D eigenvalue weighted by Crippen LogP contribution is -2.39. The van der Waals surface area contributed by atoms with Gasteiger partial charge in [-0.3, -0.25) is 9.69 Å². The van der Waals surface area contributed by atoms with E-state index in [2.05, 4.69) is 16.8 Å². The van der Waals surface area contributed by atoms with Crippen LogP contribution in [0.1, 0.15) is 19.3 Å². The number of carbonyl (C=O) groups is 1. The Morgan fingerprint density at radius 3 is 3.08 bits per heavy atom. The number of rotatable bonds is 4. The van der Waals surface area contributed by atoms with Gasteiger partial charge in [0.05, 0.1) is 0 Å². The molecule has 1 heterocycles. The highest BCUT2D eigenvalue weighted by Crippen LogP contribution is 2.09. The molecule has 1 fully saturated rings. The van der Waals surface area contributed by atoms with Crippen molar-refractivity contribution >= 4 is 6.41 Å². The number of carbonyl (C=O) groups excluding carboxylic acids is 1. The maximum Gasteiger partial charge on any atom is 0.207 e. The summed E-state index contributed by atoms with van der Waals surface area (Å²) in [5.41, 5.74) is 0. The summed E-state index contributed by atoms with van der Waals surface area (Å²) in [4.78, 5) is 12.6. The fourth-order valence-electron chi connectivity index (χ4n) is 1.80. The SMILES string of the molecule is C=CCN1CCCCC(NC=O)C1. The van der Waals surface area contributed by atoms with Gasteiger partial charge in [0.1, 0.15) is 0 Å². The lowest BCUT2D eigenvalue weighted by atomic mass is 10.1. The molecule has 0 aliphatic carbocycles. The van der Waals surface area contributed by atoms with Crippen LogP contribution in [0.15, 0.2) is 12.7 Å². The molecule has 1 aliphatic rings. The second kappa shape index (κ2) is 5.75. The molecule has 0 aromatic heterocycles. The number of nitrogens with one attached hydrogen (secondary N) is 1. The van der Waals surface area contributed by atoms with Crippen molar-refractivity contribution in [3.05, 3.63) is 12.7 Å². The Labute approximate surface area is 79.8 Å². The Balaban J connectivity index is 2.38. The highest BCUT2D eigenvalue weighted by molar-refractivity contribution is 5.46. The fraction of sp³-hybridized carbons (Fsp3) is 0.700. The van der Waals surface area contributed by atoms with Crippen LogP contribution in [0.25, 0.3) is 0 Å². The van der Waals surface area contributed by atoms with Crippen LogP contribution in [0.4, 0.5) is 0 Å². The average molecular weight is 182 g/mol. The molecule has 0 radical (unpaired) electrons. The smallest absolute Gasteiger partial charge is 0.207 e. The zero-order valence-corrected chi connectivity index (χ0v) is 8.04. The van der Waals surface area contributed by atoms with E-state index in [1.165, 1.54) is 12.8 Å². The molecule has 1 rings (SSSR count). The summed E-state index contributed by atoms with van der Waals surface area (Å²) < 4.78 is 0. The first-order chi connectivity index (χ1) is 6.36. The van der Waals surface area contributed by atoms with Gasteiger partial charge >= 0.3 is 0 Å². The lowest BCUT2D eigenvalue weighted by Gasteiger charge is -2.22. The first kappa shape index (κ1) is 10.3. The highest BCUT2D eigenvalue weighted by Gasteiger charge is 2.15. The molecule has 0 bridgehead atoms. The number of likely N-dealkylation sites (tertiary alicyclic amines) is 1. The third-order valence-corrected chi connectivity index (χ3v) is 2.45. The molecule has 3 heteroatoms. The van der Waals surface area contributed by atoms with E-state index >= 15 is 0 Å². The Kier molecular flexibility index (Phi) is 4.54. The van der Waals surface area contributed by atoms with Crippen LogP contribution < -0.4 is 5.32 Å². The average Bonchev–Trinajstić information content (AvgIpc) is 2.32. The van der Waals surface area contributed by atoms with E-state index in [1.54, 1.807) is 0 Å². The van der Waals surface area contributed by atoms with Gasteiger partial charge in [-0.05, 0) is 19.4 Å². The summed E-state index contributed by atoms with van der Waals surface area (Å²) >= 11 is 0. The minimum Gasteiger partial charge on any atom is -0.355 e. The van der Waals surface area contributed by atoms with Crippen molar-refractivity contribution in [3.8, 4) is 0 Å². The zero-order chi connectivity index (χ0) is 9.52. The van der Waals surface area contributed by atoms with Crippen LogP contribution >= 0.6 is 0 Å². The molecule has 0 spiro atoms. The Hall–Kier alpha value is -0.830. The number of hydrogen-bond donors (Lipinski definition) is 1. The van der Waals surface area contributed by atoms with Crippen LogP contribution in [0.5, 0.6) is 0 Å². The van der Waals surface area contributed by atoms with Gasteiger partial charge in [-0.25, -0.2) is 0 Å². The molecule has 3 nitrogen and oxygen atoms in total. The van der Waals surface area contributed by atoms with E-state index in [0.29, 0.717) is 6.04 Å². The van der Waals surface area contributed by atoms with Gasteiger partial charge in [-0.15, -0.1) is 6.58 Å². The third kappa shape index (κ3) is 3.59. The van der Waals surface area contributed by atoms with Crippen LogP contribution in [0, 0.1) is 0 Å². The van der Waals surface area contributed by atoms with Gasteiger partial charge in [-0.1, -0.05) is 12.5 Å². The second-order valence-electron chi connectivity index (χ2n) is 3.53. The fourth-order valence-corrected chi connectivity index (χ4v) is 1.80. The summed E-state index contributed by atoms with van der Waals surface area (Å²) in [5, 5.41) is 2.86. The molecule has 1 N–H and O–H groups in total. The molecule has 0 aromatic carbocycles. The van der Waals surface area contributed by atoms with Gasteiger partial charge < -0.3 is 5.32 Å². The largest absolute Gasteiger partial charge is 0.355 e. The van der Waals surface area contributed by atoms with Gasteiger partial charge in [0.25, 0.3) is 0 Å². The predicted molar refractivity (Wildman–Crippen MR) is 53.5 cm³/mol. The van der Waals surface area contributed by atoms with Crippen molar-refractivity contribution < 1.29 is 4.79 Å². The van der Waals surface area contributed by atoms with Crippen molar-refractivity contribution in [2.45, 2.75) is 25.3 Å². The molecule has 0 aromatic rings. The maximum absolute atomic E-state index is 10.3. The highest BCUT2D eigenvalue weighted by atomic mass is 16.1. The quantitative estimate of drug-likeness (QED) is 0.514. The van der Waals surface area contributed by atoms with Crippen molar-refractivity contribution in [2.24, 2.45) is 0 Å². The molecule has 1 saturated heterocycles. The van der Waals surface area contributed by atoms with Crippen LogP contribution in [0.3, 0.4) is 0 Å². The van der Waals surface area contributed by atoms with Crippen molar-refractivity contribution in [2.75, 3.05) is 19.6 Å². The van der Waals surface area contributed by atoms with E-state index in [-0.39, 0.29) is 0 Å². The first-order valence-corrected chi connectivity index (χ1v) is 4.89. The van der Waals surface area contributed by atoms with Gasteiger partial charge in [-0.2, -0.15) is 0 Å². The first-order valence-electron chi connectivity index (χ1n) is 4.89. The maximum atomic E-state index is 10.3. The molecule has 1 amide bonds. The van der Waals surface area contributed by atoms with E-state index in [4.69, 9.17) is 0 Å². The van der Waals surface area contributed by atoms with Crippen LogP contribution in [-0.2, 0) is 4.79 Å². The van der Waals surface area contributed by atoms with Crippen molar-refractivity contribution in [3.63, 3.8) is 0 Å². The van der Waals surface area contributed by atoms with Crippen LogP contribution in [0.2, 0.25) is 0 Å². The van der Waals surface area contributed by atoms with E-state index < -0.39 is 0 Å². The van der Waals surface area contributed by atoms with Crippen molar-refractivity contribution in [1.29, 1.82) is 0 Å². The Morgan fingerprint density at radius 1 is 1.54 bits per heavy atom. The monoisotopic (exact) mass is 182 g/mol. The lowest BCUT2D eigenvalue weighted by molar-refractivity contribution is -0.110. The molecule has 1 aliphatic heterocycles. The molecule has 0 saturated carbocycles. The normalized spacial score (nSPS) is 24.8. The summed E-state index contributed by atoms with van der Waals surface area (Å²) in [7, 11) is 0. The summed E-state index contributed by atoms with van der Waals surface area (Å²) in [6.07, 6.45) is 6.27. The van der Waals surface area contributed by atoms with Crippen LogP contribution in [-0.4, -0.2) is 37.0 Å². The van der Waals surface area contributed by atoms with Gasteiger partial charge in [0.15, 0.2) is 0 Å².